The first-order valence-electron chi connectivity index (χ1n) is 10.5. The minimum absolute atomic E-state index is 0.156. The van der Waals surface area contributed by atoms with Crippen LogP contribution < -0.4 is 9.47 Å². The minimum Gasteiger partial charge on any atom is -0.481 e. The molecule has 3 aromatic carbocycles. The Labute approximate surface area is 196 Å². The van der Waals surface area contributed by atoms with Gasteiger partial charge in [-0.05, 0) is 48.4 Å². The van der Waals surface area contributed by atoms with Crippen molar-refractivity contribution >= 4 is 23.8 Å². The molecule has 7 heteroatoms. The van der Waals surface area contributed by atoms with Crippen LogP contribution in [0.1, 0.15) is 37.4 Å². The van der Waals surface area contributed by atoms with Crippen LogP contribution in [0.4, 0.5) is 0 Å². The fraction of sp³-hybridized carbons (Fsp3) is 0.148. The number of Topliss-reactive ketones (excluding diaryl/α,β-unsaturated/α-hetero) is 1. The standard InChI is InChI=1S/C27H22O7/c1-17-22(32-16-24(28)33-15-19-6-4-3-5-7-19)13-12-21-25(29)23(34-26(17)21)14-18-8-10-20(11-9-18)27(30)31-2/h3-14H,15-16H2,1-2H3/b23-14-. The lowest BCUT2D eigenvalue weighted by Gasteiger charge is -2.11. The van der Waals surface area contributed by atoms with E-state index in [1.54, 1.807) is 49.4 Å². The van der Waals surface area contributed by atoms with E-state index in [9.17, 15) is 14.4 Å². The minimum atomic E-state index is -0.503. The van der Waals surface area contributed by atoms with Crippen LogP contribution in [-0.4, -0.2) is 31.4 Å². The van der Waals surface area contributed by atoms with E-state index >= 15 is 0 Å². The van der Waals surface area contributed by atoms with Gasteiger partial charge in [-0.15, -0.1) is 0 Å². The molecule has 1 heterocycles. The zero-order chi connectivity index (χ0) is 24.1. The summed E-state index contributed by atoms with van der Waals surface area (Å²) in [4.78, 5) is 36.4. The summed E-state index contributed by atoms with van der Waals surface area (Å²) in [6.45, 7) is 1.65. The van der Waals surface area contributed by atoms with Crippen LogP contribution in [0.2, 0.25) is 0 Å². The first-order valence-corrected chi connectivity index (χ1v) is 10.5. The molecule has 0 fully saturated rings. The Balaban J connectivity index is 1.41. The van der Waals surface area contributed by atoms with Gasteiger partial charge < -0.3 is 18.9 Å². The topological polar surface area (TPSA) is 88.1 Å². The van der Waals surface area contributed by atoms with Crippen molar-refractivity contribution in [3.63, 3.8) is 0 Å². The van der Waals surface area contributed by atoms with Crippen molar-refractivity contribution in [1.82, 2.24) is 0 Å². The number of allylic oxidation sites excluding steroid dienone is 1. The summed E-state index contributed by atoms with van der Waals surface area (Å²) in [6.07, 6.45) is 1.60. The van der Waals surface area contributed by atoms with Crippen LogP contribution in [0.25, 0.3) is 6.08 Å². The third-order valence-electron chi connectivity index (χ3n) is 5.25. The first-order chi connectivity index (χ1) is 16.5. The third kappa shape index (κ3) is 4.99. The predicted molar refractivity (Wildman–Crippen MR) is 124 cm³/mol. The van der Waals surface area contributed by atoms with E-state index in [1.807, 2.05) is 30.3 Å². The second-order valence-corrected chi connectivity index (χ2v) is 7.55. The van der Waals surface area contributed by atoms with E-state index in [0.717, 1.165) is 5.56 Å². The lowest BCUT2D eigenvalue weighted by atomic mass is 10.1. The zero-order valence-electron chi connectivity index (χ0n) is 18.7. The number of carbonyl (C=O) groups excluding carboxylic acids is 3. The van der Waals surface area contributed by atoms with Crippen molar-refractivity contribution in [2.75, 3.05) is 13.7 Å². The molecule has 7 nitrogen and oxygen atoms in total. The molecule has 0 atom stereocenters. The maximum Gasteiger partial charge on any atom is 0.344 e. The van der Waals surface area contributed by atoms with E-state index in [-0.39, 0.29) is 24.8 Å². The number of ether oxygens (including phenoxy) is 4. The SMILES string of the molecule is COC(=O)c1ccc(/C=C2\Oc3c(ccc(OCC(=O)OCc4ccccc4)c3C)C2=O)cc1. The molecule has 0 radical (unpaired) electrons. The molecule has 0 unspecified atom stereocenters. The number of carbonyl (C=O) groups is 3. The van der Waals surface area contributed by atoms with Gasteiger partial charge in [0.05, 0.1) is 18.2 Å². The highest BCUT2D eigenvalue weighted by Gasteiger charge is 2.30. The average Bonchev–Trinajstić information content (AvgIpc) is 3.18. The molecule has 0 aromatic heterocycles. The molecule has 0 aliphatic carbocycles. The van der Waals surface area contributed by atoms with Crippen molar-refractivity contribution in [2.45, 2.75) is 13.5 Å². The highest BCUT2D eigenvalue weighted by atomic mass is 16.6. The molecule has 0 saturated heterocycles. The summed E-state index contributed by atoms with van der Waals surface area (Å²) in [7, 11) is 1.31. The van der Waals surface area contributed by atoms with Crippen LogP contribution in [0, 0.1) is 6.92 Å². The van der Waals surface area contributed by atoms with Crippen molar-refractivity contribution in [3.05, 3.63) is 100 Å². The Morgan fingerprint density at radius 1 is 0.971 bits per heavy atom. The largest absolute Gasteiger partial charge is 0.481 e. The highest BCUT2D eigenvalue weighted by molar-refractivity contribution is 6.15. The number of rotatable bonds is 7. The number of fused-ring (bicyclic) bond motifs is 1. The van der Waals surface area contributed by atoms with Gasteiger partial charge in [-0.3, -0.25) is 4.79 Å². The van der Waals surface area contributed by atoms with Crippen molar-refractivity contribution in [1.29, 1.82) is 0 Å². The molecule has 4 rings (SSSR count). The molecule has 172 valence electrons. The number of hydrogen-bond acceptors (Lipinski definition) is 7. The van der Waals surface area contributed by atoms with Crippen LogP contribution in [0.3, 0.4) is 0 Å². The van der Waals surface area contributed by atoms with Gasteiger partial charge in [-0.1, -0.05) is 42.5 Å². The second kappa shape index (κ2) is 10.0. The Bertz CT molecular complexity index is 1260. The number of methoxy groups -OCH3 is 1. The fourth-order valence-corrected chi connectivity index (χ4v) is 3.43. The molecule has 34 heavy (non-hydrogen) atoms. The fourth-order valence-electron chi connectivity index (χ4n) is 3.43. The third-order valence-corrected chi connectivity index (χ3v) is 5.25. The van der Waals surface area contributed by atoms with Gasteiger partial charge >= 0.3 is 11.9 Å². The summed E-state index contributed by atoms with van der Waals surface area (Å²) in [5.41, 5.74) is 3.00. The van der Waals surface area contributed by atoms with Crippen molar-refractivity contribution < 1.29 is 33.3 Å². The van der Waals surface area contributed by atoms with Gasteiger partial charge in [0.25, 0.3) is 0 Å². The molecule has 0 bridgehead atoms. The monoisotopic (exact) mass is 458 g/mol. The Hall–Kier alpha value is -4.39. The maximum atomic E-state index is 12.8. The number of esters is 2. The molecule has 1 aliphatic heterocycles. The van der Waals surface area contributed by atoms with Gasteiger partial charge in [0.15, 0.2) is 12.4 Å². The van der Waals surface area contributed by atoms with E-state index in [2.05, 4.69) is 4.74 Å². The van der Waals surface area contributed by atoms with Crippen LogP contribution in [-0.2, 0) is 20.9 Å². The molecule has 0 spiro atoms. The van der Waals surface area contributed by atoms with Crippen LogP contribution >= 0.6 is 0 Å². The van der Waals surface area contributed by atoms with E-state index in [1.165, 1.54) is 7.11 Å². The Kier molecular flexibility index (Phi) is 6.73. The molecule has 3 aromatic rings. The zero-order valence-corrected chi connectivity index (χ0v) is 18.7. The lowest BCUT2D eigenvalue weighted by molar-refractivity contribution is -0.147. The van der Waals surface area contributed by atoms with Gasteiger partial charge in [0, 0.05) is 5.56 Å². The molecule has 1 aliphatic rings. The van der Waals surface area contributed by atoms with E-state index in [4.69, 9.17) is 14.2 Å². The number of hydrogen-bond donors (Lipinski definition) is 0. The van der Waals surface area contributed by atoms with Crippen molar-refractivity contribution in [3.8, 4) is 11.5 Å². The maximum absolute atomic E-state index is 12.8. The smallest absolute Gasteiger partial charge is 0.344 e. The van der Waals surface area contributed by atoms with Gasteiger partial charge in [-0.2, -0.15) is 0 Å². The molecule has 0 amide bonds. The van der Waals surface area contributed by atoms with E-state index < -0.39 is 11.9 Å². The first kappa shape index (κ1) is 22.8. The lowest BCUT2D eigenvalue weighted by Crippen LogP contribution is -2.15. The summed E-state index contributed by atoms with van der Waals surface area (Å²) in [5, 5.41) is 0. The Morgan fingerprint density at radius 3 is 2.41 bits per heavy atom. The van der Waals surface area contributed by atoms with Crippen molar-refractivity contribution in [2.24, 2.45) is 0 Å². The quantitative estimate of drug-likeness (QED) is 0.380. The highest BCUT2D eigenvalue weighted by Crippen LogP contribution is 2.39. The Morgan fingerprint density at radius 2 is 1.71 bits per heavy atom. The molecular weight excluding hydrogens is 436 g/mol. The normalized spacial score (nSPS) is 13.2. The van der Waals surface area contributed by atoms with Gasteiger partial charge in [-0.25, -0.2) is 9.59 Å². The van der Waals surface area contributed by atoms with Crippen LogP contribution in [0.15, 0.2) is 72.5 Å². The van der Waals surface area contributed by atoms with Crippen LogP contribution in [0.5, 0.6) is 11.5 Å². The number of ketones is 1. The second-order valence-electron chi connectivity index (χ2n) is 7.55. The predicted octanol–water partition coefficient (Wildman–Crippen LogP) is 4.52. The van der Waals surface area contributed by atoms with E-state index in [0.29, 0.717) is 33.8 Å². The summed E-state index contributed by atoms with van der Waals surface area (Å²) in [5.74, 6) is -0.236. The average molecular weight is 458 g/mol. The molecular formula is C27H22O7. The summed E-state index contributed by atoms with van der Waals surface area (Å²) >= 11 is 0. The summed E-state index contributed by atoms with van der Waals surface area (Å²) < 4.78 is 21.4. The summed E-state index contributed by atoms with van der Waals surface area (Å²) in [6, 6.07) is 19.2. The molecule has 0 N–H and O–H groups in total. The number of benzene rings is 3. The van der Waals surface area contributed by atoms with Gasteiger partial charge in [0.1, 0.15) is 18.1 Å². The molecule has 0 saturated carbocycles. The van der Waals surface area contributed by atoms with Gasteiger partial charge in [0.2, 0.25) is 5.78 Å².